The molecule has 1 amide bonds. The highest BCUT2D eigenvalue weighted by molar-refractivity contribution is 5.95. The van der Waals surface area contributed by atoms with Crippen LogP contribution < -0.4 is 5.32 Å². The van der Waals surface area contributed by atoms with E-state index in [1.165, 1.54) is 49.6 Å². The fourth-order valence-electron chi connectivity index (χ4n) is 2.70. The normalized spacial score (nSPS) is 15.0. The Labute approximate surface area is 146 Å². The summed E-state index contributed by atoms with van der Waals surface area (Å²) >= 11 is 0. The van der Waals surface area contributed by atoms with Gasteiger partial charge in [-0.05, 0) is 45.1 Å². The van der Waals surface area contributed by atoms with Crippen molar-refractivity contribution in [2.75, 3.05) is 6.54 Å². The quantitative estimate of drug-likeness (QED) is 0.354. The predicted octanol–water partition coefficient (Wildman–Crippen LogP) is 3.15. The lowest BCUT2D eigenvalue weighted by molar-refractivity contribution is -0.385. The minimum atomic E-state index is -1.02. The van der Waals surface area contributed by atoms with Crippen LogP contribution in [0.25, 0.3) is 0 Å². The molecule has 25 heavy (non-hydrogen) atoms. The number of nitrogens with zero attached hydrogens (tertiary/aromatic N) is 1. The molecule has 1 N–H and O–H groups in total. The van der Waals surface area contributed by atoms with Gasteiger partial charge in [-0.25, -0.2) is 4.79 Å². The molecular formula is C18H22N2O5. The third-order valence-electron chi connectivity index (χ3n) is 4.10. The van der Waals surface area contributed by atoms with Crippen molar-refractivity contribution in [3.05, 3.63) is 51.6 Å². The molecule has 0 bridgehead atoms. The summed E-state index contributed by atoms with van der Waals surface area (Å²) in [6.45, 7) is 1.93. The van der Waals surface area contributed by atoms with Crippen LogP contribution >= 0.6 is 0 Å². The highest BCUT2D eigenvalue weighted by atomic mass is 16.6. The molecule has 1 aliphatic rings. The van der Waals surface area contributed by atoms with Crippen molar-refractivity contribution in [3.8, 4) is 0 Å². The highest BCUT2D eigenvalue weighted by Crippen LogP contribution is 2.20. The summed E-state index contributed by atoms with van der Waals surface area (Å²) in [4.78, 5) is 34.4. The molecule has 7 heteroatoms. The van der Waals surface area contributed by atoms with Crippen LogP contribution in [0.15, 0.2) is 35.9 Å². The molecule has 1 atom stereocenters. The Morgan fingerprint density at radius 3 is 2.76 bits per heavy atom. The van der Waals surface area contributed by atoms with Crippen molar-refractivity contribution in [2.24, 2.45) is 0 Å². The lowest BCUT2D eigenvalue weighted by Gasteiger charge is -2.15. The summed E-state index contributed by atoms with van der Waals surface area (Å²) in [5.41, 5.74) is 0.833. The topological polar surface area (TPSA) is 98.5 Å². The minimum Gasteiger partial charge on any atom is -0.449 e. The molecule has 1 aromatic carbocycles. The van der Waals surface area contributed by atoms with Gasteiger partial charge in [0.05, 0.1) is 4.92 Å². The highest BCUT2D eigenvalue weighted by Gasteiger charge is 2.24. The second-order valence-corrected chi connectivity index (χ2v) is 5.97. The predicted molar refractivity (Wildman–Crippen MR) is 92.2 cm³/mol. The number of nitro groups is 1. The van der Waals surface area contributed by atoms with Crippen LogP contribution in [-0.4, -0.2) is 29.4 Å². The second kappa shape index (κ2) is 8.96. The first-order chi connectivity index (χ1) is 12.0. The maximum atomic E-state index is 12.1. The number of esters is 1. The number of carbonyl (C=O) groups excluding carboxylic acids is 2. The van der Waals surface area contributed by atoms with E-state index in [-0.39, 0.29) is 11.3 Å². The zero-order chi connectivity index (χ0) is 18.2. The number of ether oxygens (including phenoxy) is 1. The van der Waals surface area contributed by atoms with Crippen LogP contribution in [0.5, 0.6) is 0 Å². The van der Waals surface area contributed by atoms with Gasteiger partial charge in [-0.2, -0.15) is 0 Å². The number of benzene rings is 1. The van der Waals surface area contributed by atoms with E-state index >= 15 is 0 Å². The zero-order valence-corrected chi connectivity index (χ0v) is 14.2. The van der Waals surface area contributed by atoms with Gasteiger partial charge in [0.1, 0.15) is 5.56 Å². The number of carbonyl (C=O) groups is 2. The minimum absolute atomic E-state index is 0.167. The molecule has 7 nitrogen and oxygen atoms in total. The summed E-state index contributed by atoms with van der Waals surface area (Å²) in [6, 6.07) is 5.50. The van der Waals surface area contributed by atoms with E-state index in [1.807, 2.05) is 0 Å². The Bertz CT molecular complexity index is 684. The van der Waals surface area contributed by atoms with E-state index in [2.05, 4.69) is 11.4 Å². The van der Waals surface area contributed by atoms with Crippen LogP contribution in [0.2, 0.25) is 0 Å². The maximum absolute atomic E-state index is 12.1. The number of allylic oxidation sites excluding steroid dienone is 1. The average molecular weight is 346 g/mol. The smallest absolute Gasteiger partial charge is 0.345 e. The first kappa shape index (κ1) is 18.6. The van der Waals surface area contributed by atoms with Gasteiger partial charge in [0.15, 0.2) is 6.10 Å². The zero-order valence-electron chi connectivity index (χ0n) is 14.2. The van der Waals surface area contributed by atoms with Crippen molar-refractivity contribution in [1.82, 2.24) is 5.32 Å². The Morgan fingerprint density at radius 2 is 2.08 bits per heavy atom. The molecule has 2 rings (SSSR count). The first-order valence-corrected chi connectivity index (χ1v) is 8.39. The van der Waals surface area contributed by atoms with Gasteiger partial charge < -0.3 is 10.1 Å². The molecule has 0 saturated carbocycles. The van der Waals surface area contributed by atoms with Crippen molar-refractivity contribution >= 4 is 17.6 Å². The lowest BCUT2D eigenvalue weighted by atomic mass is 9.97. The molecule has 134 valence electrons. The van der Waals surface area contributed by atoms with Crippen LogP contribution in [0, 0.1) is 10.1 Å². The monoisotopic (exact) mass is 346 g/mol. The van der Waals surface area contributed by atoms with Gasteiger partial charge in [0.25, 0.3) is 11.6 Å². The van der Waals surface area contributed by atoms with Crippen molar-refractivity contribution in [2.45, 2.75) is 45.1 Å². The molecular weight excluding hydrogens is 324 g/mol. The molecule has 0 aliphatic heterocycles. The Balaban J connectivity index is 1.85. The number of rotatable bonds is 7. The molecule has 0 saturated heterocycles. The van der Waals surface area contributed by atoms with Gasteiger partial charge in [-0.3, -0.25) is 14.9 Å². The molecule has 1 unspecified atom stereocenters. The van der Waals surface area contributed by atoms with Crippen molar-refractivity contribution in [3.63, 3.8) is 0 Å². The van der Waals surface area contributed by atoms with Gasteiger partial charge in [0, 0.05) is 12.6 Å². The molecule has 0 spiro atoms. The summed E-state index contributed by atoms with van der Waals surface area (Å²) in [5, 5.41) is 13.7. The number of hydrogen-bond donors (Lipinski definition) is 1. The number of amides is 1. The maximum Gasteiger partial charge on any atom is 0.345 e. The molecule has 0 radical (unpaired) electrons. The fourth-order valence-corrected chi connectivity index (χ4v) is 2.70. The average Bonchev–Trinajstić information content (AvgIpc) is 2.62. The fraction of sp³-hybridized carbons (Fsp3) is 0.444. The van der Waals surface area contributed by atoms with Gasteiger partial charge in [0.2, 0.25) is 0 Å². The second-order valence-electron chi connectivity index (χ2n) is 5.97. The Hall–Kier alpha value is -2.70. The van der Waals surface area contributed by atoms with E-state index in [9.17, 15) is 19.7 Å². The Morgan fingerprint density at radius 1 is 1.32 bits per heavy atom. The molecule has 1 aliphatic carbocycles. The third kappa shape index (κ3) is 5.41. The summed E-state index contributed by atoms with van der Waals surface area (Å²) in [6.07, 6.45) is 6.54. The summed E-state index contributed by atoms with van der Waals surface area (Å²) in [7, 11) is 0. The lowest BCUT2D eigenvalue weighted by Crippen LogP contribution is -2.36. The SMILES string of the molecule is CC(OC(=O)c1ccccc1[N+](=O)[O-])C(=O)NCCC1=CCCCC1. The van der Waals surface area contributed by atoms with Crippen molar-refractivity contribution in [1.29, 1.82) is 0 Å². The van der Waals surface area contributed by atoms with Crippen molar-refractivity contribution < 1.29 is 19.2 Å². The molecule has 0 fully saturated rings. The largest absolute Gasteiger partial charge is 0.449 e. The van der Waals surface area contributed by atoms with Gasteiger partial charge in [-0.1, -0.05) is 23.8 Å². The number of nitro benzene ring substituents is 1. The first-order valence-electron chi connectivity index (χ1n) is 8.39. The van der Waals surface area contributed by atoms with Crippen LogP contribution in [0.3, 0.4) is 0 Å². The van der Waals surface area contributed by atoms with E-state index in [0.717, 1.165) is 19.3 Å². The van der Waals surface area contributed by atoms with E-state index in [4.69, 9.17) is 4.74 Å². The molecule has 0 heterocycles. The van der Waals surface area contributed by atoms with E-state index in [0.29, 0.717) is 6.54 Å². The van der Waals surface area contributed by atoms with Crippen LogP contribution in [0.1, 0.15) is 49.4 Å². The number of para-hydroxylation sites is 1. The van der Waals surface area contributed by atoms with E-state index in [1.54, 1.807) is 0 Å². The Kier molecular flexibility index (Phi) is 6.68. The standard InChI is InChI=1S/C18H22N2O5/c1-13(17(21)19-12-11-14-7-3-2-4-8-14)25-18(22)15-9-5-6-10-16(15)20(23)24/h5-7,9-10,13H,2-4,8,11-12H2,1H3,(H,19,21). The summed E-state index contributed by atoms with van der Waals surface area (Å²) in [5.74, 6) is -1.30. The number of hydrogen-bond acceptors (Lipinski definition) is 5. The van der Waals surface area contributed by atoms with Gasteiger partial charge >= 0.3 is 5.97 Å². The number of nitrogens with one attached hydrogen (secondary N) is 1. The molecule has 1 aromatic rings. The van der Waals surface area contributed by atoms with E-state index < -0.39 is 22.9 Å². The van der Waals surface area contributed by atoms with Crippen LogP contribution in [0.4, 0.5) is 5.69 Å². The van der Waals surface area contributed by atoms with Crippen LogP contribution in [-0.2, 0) is 9.53 Å². The van der Waals surface area contributed by atoms with Gasteiger partial charge in [-0.15, -0.1) is 0 Å². The third-order valence-corrected chi connectivity index (χ3v) is 4.10. The summed E-state index contributed by atoms with van der Waals surface area (Å²) < 4.78 is 5.06. The molecule has 0 aromatic heterocycles.